The molecule has 1 aromatic rings. The van der Waals surface area contributed by atoms with E-state index in [4.69, 9.17) is 0 Å². The molecule has 0 atom stereocenters. The first-order valence-electron chi connectivity index (χ1n) is 8.15. The van der Waals surface area contributed by atoms with Gasteiger partial charge in [-0.3, -0.25) is 9.10 Å². The molecule has 0 aromatic heterocycles. The molecule has 128 valence electrons. The summed E-state index contributed by atoms with van der Waals surface area (Å²) in [6, 6.07) is 7.40. The number of anilines is 1. The van der Waals surface area contributed by atoms with Crippen LogP contribution in [0.2, 0.25) is 0 Å². The van der Waals surface area contributed by atoms with Crippen LogP contribution in [0.4, 0.5) is 5.69 Å². The number of nitrogens with zero attached hydrogens (tertiary/aromatic N) is 2. The van der Waals surface area contributed by atoms with Crippen molar-refractivity contribution in [2.45, 2.75) is 39.0 Å². The number of carbonyl (C=O) groups excluding carboxylic acids is 1. The van der Waals surface area contributed by atoms with Crippen LogP contribution in [0.25, 0.3) is 0 Å². The first kappa shape index (κ1) is 17.8. The largest absolute Gasteiger partial charge is 0.341 e. The quantitative estimate of drug-likeness (QED) is 0.829. The maximum atomic E-state index is 12.5. The molecule has 1 amide bonds. The highest BCUT2D eigenvalue weighted by Gasteiger charge is 2.26. The average molecular weight is 338 g/mol. The van der Waals surface area contributed by atoms with E-state index < -0.39 is 10.0 Å². The predicted octanol–water partition coefficient (Wildman–Crippen LogP) is 2.59. The molecule has 0 aliphatic carbocycles. The van der Waals surface area contributed by atoms with Gasteiger partial charge < -0.3 is 4.90 Å². The highest BCUT2D eigenvalue weighted by Crippen LogP contribution is 2.29. The van der Waals surface area contributed by atoms with Gasteiger partial charge in [-0.15, -0.1) is 0 Å². The molecule has 0 saturated carbocycles. The van der Waals surface area contributed by atoms with Crippen molar-refractivity contribution in [2.75, 3.05) is 30.2 Å². The van der Waals surface area contributed by atoms with Crippen LogP contribution in [-0.2, 0) is 14.8 Å². The number of sulfonamides is 1. The third-order valence-electron chi connectivity index (χ3n) is 4.22. The molecule has 1 aromatic carbocycles. The molecule has 2 rings (SSSR count). The summed E-state index contributed by atoms with van der Waals surface area (Å²) < 4.78 is 25.8. The zero-order valence-corrected chi connectivity index (χ0v) is 15.0. The van der Waals surface area contributed by atoms with Crippen LogP contribution >= 0.6 is 0 Å². The fourth-order valence-electron chi connectivity index (χ4n) is 2.95. The molecule has 23 heavy (non-hydrogen) atoms. The van der Waals surface area contributed by atoms with Crippen LogP contribution in [0.3, 0.4) is 0 Å². The van der Waals surface area contributed by atoms with Crippen LogP contribution in [0.1, 0.15) is 44.6 Å². The van der Waals surface area contributed by atoms with E-state index in [1.54, 1.807) is 11.0 Å². The van der Waals surface area contributed by atoms with Gasteiger partial charge in [0.2, 0.25) is 15.9 Å². The standard InChI is InChI=1S/C17H26N2O3S/c1-14(2)15-9-5-6-10-16(15)19(23(3,21)22)13-17(20)18-11-7-4-8-12-18/h5-6,9-10,14H,4,7-8,11-13H2,1-3H3. The lowest BCUT2D eigenvalue weighted by Crippen LogP contribution is -2.44. The molecule has 0 N–H and O–H groups in total. The molecule has 6 heteroatoms. The highest BCUT2D eigenvalue weighted by molar-refractivity contribution is 7.92. The number of hydrogen-bond acceptors (Lipinski definition) is 3. The molecule has 1 heterocycles. The lowest BCUT2D eigenvalue weighted by Gasteiger charge is -2.31. The van der Waals surface area contributed by atoms with Gasteiger partial charge in [0, 0.05) is 13.1 Å². The van der Waals surface area contributed by atoms with E-state index in [0.717, 1.165) is 44.2 Å². The van der Waals surface area contributed by atoms with Gasteiger partial charge in [-0.1, -0.05) is 32.0 Å². The Bertz CT molecular complexity index is 650. The van der Waals surface area contributed by atoms with E-state index in [2.05, 4.69) is 0 Å². The molecule has 5 nitrogen and oxygen atoms in total. The van der Waals surface area contributed by atoms with Crippen molar-refractivity contribution >= 4 is 21.6 Å². The van der Waals surface area contributed by atoms with Gasteiger partial charge in [-0.25, -0.2) is 8.42 Å². The van der Waals surface area contributed by atoms with Gasteiger partial charge in [0.25, 0.3) is 0 Å². The molecule has 1 saturated heterocycles. The van der Waals surface area contributed by atoms with Gasteiger partial charge in [-0.05, 0) is 36.8 Å². The number of para-hydroxylation sites is 1. The first-order valence-corrected chi connectivity index (χ1v) is 10.00. The second kappa shape index (κ2) is 7.34. The lowest BCUT2D eigenvalue weighted by molar-refractivity contribution is -0.130. The summed E-state index contributed by atoms with van der Waals surface area (Å²) in [5.74, 6) is 0.0641. The van der Waals surface area contributed by atoms with E-state index in [0.29, 0.717) is 5.69 Å². The minimum Gasteiger partial charge on any atom is -0.341 e. The predicted molar refractivity (Wildman–Crippen MR) is 93.2 cm³/mol. The summed E-state index contributed by atoms with van der Waals surface area (Å²) in [6.07, 6.45) is 4.28. The van der Waals surface area contributed by atoms with Gasteiger partial charge >= 0.3 is 0 Å². The SMILES string of the molecule is CC(C)c1ccccc1N(CC(=O)N1CCCCC1)S(C)(=O)=O. The Morgan fingerprint density at radius 3 is 2.35 bits per heavy atom. The van der Waals surface area contributed by atoms with Crippen molar-refractivity contribution in [3.8, 4) is 0 Å². The van der Waals surface area contributed by atoms with E-state index in [-0.39, 0.29) is 18.4 Å². The van der Waals surface area contributed by atoms with Crippen molar-refractivity contribution in [2.24, 2.45) is 0 Å². The molecule has 0 spiro atoms. The molecule has 0 unspecified atom stereocenters. The second-order valence-electron chi connectivity index (χ2n) is 6.42. The van der Waals surface area contributed by atoms with Crippen LogP contribution in [-0.4, -0.2) is 45.1 Å². The number of amides is 1. The van der Waals surface area contributed by atoms with Crippen LogP contribution in [0.5, 0.6) is 0 Å². The smallest absolute Gasteiger partial charge is 0.243 e. The highest BCUT2D eigenvalue weighted by atomic mass is 32.2. The topological polar surface area (TPSA) is 57.7 Å². The fraction of sp³-hybridized carbons (Fsp3) is 0.588. The number of benzene rings is 1. The maximum absolute atomic E-state index is 12.5. The number of rotatable bonds is 5. The Hall–Kier alpha value is -1.56. The number of likely N-dealkylation sites (tertiary alicyclic amines) is 1. The normalized spacial score (nSPS) is 15.7. The van der Waals surface area contributed by atoms with Crippen molar-refractivity contribution < 1.29 is 13.2 Å². The minimum absolute atomic E-state index is 0.117. The summed E-state index contributed by atoms with van der Waals surface area (Å²) in [6.45, 7) is 5.37. The average Bonchev–Trinajstić information content (AvgIpc) is 2.52. The zero-order valence-electron chi connectivity index (χ0n) is 14.2. The van der Waals surface area contributed by atoms with Crippen LogP contribution in [0.15, 0.2) is 24.3 Å². The third-order valence-corrected chi connectivity index (χ3v) is 5.34. The van der Waals surface area contributed by atoms with Gasteiger partial charge in [-0.2, -0.15) is 0 Å². The zero-order chi connectivity index (χ0) is 17.0. The summed E-state index contributed by atoms with van der Waals surface area (Å²) in [5, 5.41) is 0. The fourth-order valence-corrected chi connectivity index (χ4v) is 3.82. The van der Waals surface area contributed by atoms with E-state index in [1.165, 1.54) is 4.31 Å². The monoisotopic (exact) mass is 338 g/mol. The minimum atomic E-state index is -3.52. The van der Waals surface area contributed by atoms with Gasteiger partial charge in [0.1, 0.15) is 6.54 Å². The molecule has 0 radical (unpaired) electrons. The third kappa shape index (κ3) is 4.47. The second-order valence-corrected chi connectivity index (χ2v) is 8.33. The number of carbonyl (C=O) groups is 1. The Kier molecular flexibility index (Phi) is 5.68. The van der Waals surface area contributed by atoms with Crippen molar-refractivity contribution in [1.29, 1.82) is 0 Å². The summed E-state index contributed by atoms with van der Waals surface area (Å²) >= 11 is 0. The Morgan fingerprint density at radius 2 is 1.78 bits per heavy atom. The molecular weight excluding hydrogens is 312 g/mol. The molecular formula is C17H26N2O3S. The van der Waals surface area contributed by atoms with Crippen LogP contribution in [0, 0.1) is 0 Å². The maximum Gasteiger partial charge on any atom is 0.243 e. The van der Waals surface area contributed by atoms with Gasteiger partial charge in [0.15, 0.2) is 0 Å². The van der Waals surface area contributed by atoms with E-state index in [9.17, 15) is 13.2 Å². The summed E-state index contributed by atoms with van der Waals surface area (Å²) in [7, 11) is -3.52. The molecule has 1 fully saturated rings. The number of hydrogen-bond donors (Lipinski definition) is 0. The Morgan fingerprint density at radius 1 is 1.17 bits per heavy atom. The summed E-state index contributed by atoms with van der Waals surface area (Å²) in [5.41, 5.74) is 1.54. The van der Waals surface area contributed by atoms with E-state index >= 15 is 0 Å². The van der Waals surface area contributed by atoms with Gasteiger partial charge in [0.05, 0.1) is 11.9 Å². The summed E-state index contributed by atoms with van der Waals surface area (Å²) in [4.78, 5) is 14.3. The molecule has 1 aliphatic rings. The van der Waals surface area contributed by atoms with Crippen molar-refractivity contribution in [3.63, 3.8) is 0 Å². The van der Waals surface area contributed by atoms with E-state index in [1.807, 2.05) is 32.0 Å². The first-order chi connectivity index (χ1) is 10.8. The molecule has 1 aliphatic heterocycles. The molecule has 0 bridgehead atoms. The Labute approximate surface area is 139 Å². The Balaban J connectivity index is 2.30. The number of piperidine rings is 1. The van der Waals surface area contributed by atoms with Crippen molar-refractivity contribution in [3.05, 3.63) is 29.8 Å². The van der Waals surface area contributed by atoms with Crippen molar-refractivity contribution in [1.82, 2.24) is 4.90 Å². The van der Waals surface area contributed by atoms with Crippen LogP contribution < -0.4 is 4.31 Å². The lowest BCUT2D eigenvalue weighted by atomic mass is 10.0.